The zero-order chi connectivity index (χ0) is 22.8. The molecule has 6 nitrogen and oxygen atoms in total. The van der Waals surface area contributed by atoms with Crippen LogP contribution in [0.1, 0.15) is 49.9 Å². The Morgan fingerprint density at radius 1 is 1.09 bits per heavy atom. The highest BCUT2D eigenvalue weighted by atomic mass is 16.3. The lowest BCUT2D eigenvalue weighted by Crippen LogP contribution is -2.56. The van der Waals surface area contributed by atoms with Crippen LogP contribution in [0.25, 0.3) is 10.9 Å². The molecule has 6 heteroatoms. The quantitative estimate of drug-likeness (QED) is 0.623. The van der Waals surface area contributed by atoms with E-state index < -0.39 is 6.61 Å². The molecule has 1 amide bonds. The van der Waals surface area contributed by atoms with Crippen molar-refractivity contribution in [1.82, 2.24) is 14.7 Å². The molecule has 1 saturated carbocycles. The summed E-state index contributed by atoms with van der Waals surface area (Å²) in [7, 11) is 0. The van der Waals surface area contributed by atoms with Crippen LogP contribution >= 0.6 is 0 Å². The molecule has 1 saturated heterocycles. The summed E-state index contributed by atoms with van der Waals surface area (Å²) in [5, 5.41) is 15.7. The summed E-state index contributed by atoms with van der Waals surface area (Å²) in [6, 6.07) is 17.9. The number of piperazine rings is 1. The summed E-state index contributed by atoms with van der Waals surface area (Å²) in [5.41, 5.74) is 4.88. The molecule has 2 aliphatic rings. The second-order valence-electron chi connectivity index (χ2n) is 9.42. The number of fused-ring (bicyclic) bond motifs is 1. The highest BCUT2D eigenvalue weighted by molar-refractivity contribution is 5.86. The van der Waals surface area contributed by atoms with Gasteiger partial charge in [-0.25, -0.2) is 0 Å². The predicted octanol–water partition coefficient (Wildman–Crippen LogP) is 3.97. The highest BCUT2D eigenvalue weighted by Gasteiger charge is 2.30. The number of carbonyl (C=O) groups is 1. The molecule has 3 aromatic rings. The average Bonchev–Trinajstić information content (AvgIpc) is 3.51. The van der Waals surface area contributed by atoms with Crippen molar-refractivity contribution in [3.63, 3.8) is 0 Å². The van der Waals surface area contributed by atoms with E-state index >= 15 is 0 Å². The third-order valence-corrected chi connectivity index (χ3v) is 7.39. The third kappa shape index (κ3) is 4.36. The lowest BCUT2D eigenvalue weighted by atomic mass is 10.0. The predicted molar refractivity (Wildman–Crippen MR) is 132 cm³/mol. The number of hydrogen-bond acceptors (Lipinski definition) is 4. The topological polar surface area (TPSA) is 61.6 Å². The van der Waals surface area contributed by atoms with Crippen molar-refractivity contribution in [2.75, 3.05) is 31.1 Å². The number of nitrogens with zero attached hydrogens (tertiary/aromatic N) is 4. The Hall–Kier alpha value is -2.86. The number of aryl methyl sites for hydroxylation is 1. The first kappa shape index (κ1) is 22.0. The third-order valence-electron chi connectivity index (χ3n) is 7.39. The van der Waals surface area contributed by atoms with Crippen molar-refractivity contribution in [2.24, 2.45) is 0 Å². The fourth-order valence-corrected chi connectivity index (χ4v) is 5.64. The maximum Gasteiger partial charge on any atom is 0.248 e. The van der Waals surface area contributed by atoms with Crippen LogP contribution in [0.4, 0.5) is 5.69 Å². The number of aromatic nitrogens is 2. The Kier molecular flexibility index (Phi) is 6.36. The fraction of sp³-hybridized carbons (Fsp3) is 0.481. The molecule has 1 aliphatic carbocycles. The molecule has 33 heavy (non-hydrogen) atoms. The lowest BCUT2D eigenvalue weighted by Gasteiger charge is -2.43. The smallest absolute Gasteiger partial charge is 0.248 e. The van der Waals surface area contributed by atoms with Crippen molar-refractivity contribution in [2.45, 2.75) is 57.5 Å². The van der Waals surface area contributed by atoms with Crippen LogP contribution in [0.15, 0.2) is 48.5 Å². The van der Waals surface area contributed by atoms with E-state index in [-0.39, 0.29) is 11.9 Å². The Morgan fingerprint density at radius 2 is 1.88 bits per heavy atom. The van der Waals surface area contributed by atoms with Gasteiger partial charge in [0.1, 0.15) is 6.61 Å². The summed E-state index contributed by atoms with van der Waals surface area (Å²) in [6.45, 7) is 3.76. The second-order valence-corrected chi connectivity index (χ2v) is 9.42. The number of anilines is 1. The maximum absolute atomic E-state index is 12.3. The van der Waals surface area contributed by atoms with Gasteiger partial charge in [0.2, 0.25) is 5.91 Å². The van der Waals surface area contributed by atoms with Gasteiger partial charge in [0.25, 0.3) is 0 Å². The summed E-state index contributed by atoms with van der Waals surface area (Å²) in [6.07, 6.45) is 6.79. The van der Waals surface area contributed by atoms with Gasteiger partial charge in [-0.05, 0) is 49.4 Å². The molecular formula is C27H34N4O2. The van der Waals surface area contributed by atoms with Gasteiger partial charge in [-0.1, -0.05) is 50.1 Å². The van der Waals surface area contributed by atoms with Crippen LogP contribution in [0.5, 0.6) is 0 Å². The Labute approximate surface area is 195 Å². The molecule has 1 unspecified atom stereocenters. The van der Waals surface area contributed by atoms with E-state index in [1.807, 2.05) is 6.07 Å². The van der Waals surface area contributed by atoms with Gasteiger partial charge >= 0.3 is 0 Å². The summed E-state index contributed by atoms with van der Waals surface area (Å²) < 4.78 is 2.29. The van der Waals surface area contributed by atoms with Crippen LogP contribution < -0.4 is 4.90 Å². The zero-order valence-corrected chi connectivity index (χ0v) is 19.5. The van der Waals surface area contributed by atoms with Gasteiger partial charge in [0, 0.05) is 30.7 Å². The Balaban J connectivity index is 1.50. The zero-order valence-electron chi connectivity index (χ0n) is 19.5. The van der Waals surface area contributed by atoms with E-state index in [1.54, 1.807) is 4.90 Å². The molecule has 1 aliphatic heterocycles. The molecule has 1 atom stereocenters. The van der Waals surface area contributed by atoms with E-state index in [2.05, 4.69) is 59.0 Å². The highest BCUT2D eigenvalue weighted by Crippen LogP contribution is 2.35. The van der Waals surface area contributed by atoms with E-state index in [4.69, 9.17) is 5.10 Å². The second kappa shape index (κ2) is 9.56. The van der Waals surface area contributed by atoms with Gasteiger partial charge in [0.05, 0.1) is 23.3 Å². The number of hydrogen-bond donors (Lipinski definition) is 1. The lowest BCUT2D eigenvalue weighted by molar-refractivity contribution is -0.135. The van der Waals surface area contributed by atoms with Gasteiger partial charge < -0.3 is 14.9 Å². The summed E-state index contributed by atoms with van der Waals surface area (Å²) in [4.78, 5) is 16.5. The Morgan fingerprint density at radius 3 is 2.61 bits per heavy atom. The number of benzene rings is 2. The van der Waals surface area contributed by atoms with Crippen LogP contribution in [-0.4, -0.2) is 58.0 Å². The van der Waals surface area contributed by atoms with E-state index in [0.29, 0.717) is 19.1 Å². The largest absolute Gasteiger partial charge is 0.387 e. The molecule has 174 valence electrons. The van der Waals surface area contributed by atoms with E-state index in [1.165, 1.54) is 53.5 Å². The van der Waals surface area contributed by atoms with Crippen molar-refractivity contribution in [3.8, 4) is 0 Å². The van der Waals surface area contributed by atoms with Crippen LogP contribution in [0.3, 0.4) is 0 Å². The van der Waals surface area contributed by atoms with Crippen LogP contribution in [0.2, 0.25) is 0 Å². The first-order chi connectivity index (χ1) is 16.2. The molecule has 2 fully saturated rings. The van der Waals surface area contributed by atoms with Crippen LogP contribution in [-0.2, 0) is 17.6 Å². The van der Waals surface area contributed by atoms with Crippen LogP contribution in [0, 0.1) is 0 Å². The monoisotopic (exact) mass is 446 g/mol. The molecule has 2 aromatic carbocycles. The molecule has 0 spiro atoms. The van der Waals surface area contributed by atoms with Gasteiger partial charge in [0.15, 0.2) is 0 Å². The average molecular weight is 447 g/mol. The minimum Gasteiger partial charge on any atom is -0.387 e. The first-order valence-corrected chi connectivity index (χ1v) is 12.4. The molecule has 1 aromatic heterocycles. The fourth-order valence-electron chi connectivity index (χ4n) is 5.64. The Bertz CT molecular complexity index is 1100. The summed E-state index contributed by atoms with van der Waals surface area (Å²) >= 11 is 0. The maximum atomic E-state index is 12.3. The van der Waals surface area contributed by atoms with Gasteiger partial charge in [-0.2, -0.15) is 5.10 Å². The molecule has 5 rings (SSSR count). The van der Waals surface area contributed by atoms with Gasteiger partial charge in [-0.3, -0.25) is 9.48 Å². The van der Waals surface area contributed by atoms with E-state index in [0.717, 1.165) is 19.4 Å². The number of amides is 1. The van der Waals surface area contributed by atoms with Crippen molar-refractivity contribution in [1.29, 1.82) is 0 Å². The minimum atomic E-state index is -0.426. The first-order valence-electron chi connectivity index (χ1n) is 12.4. The molecular weight excluding hydrogens is 412 g/mol. The normalized spacial score (nSPS) is 19.5. The number of carbonyl (C=O) groups excluding carboxylic acids is 1. The number of rotatable bonds is 6. The SMILES string of the molecule is CCc1nn(C2CCCC2)c2cc(N3CCN(C(=O)CO)CC3Cc3ccccc3)ccc12. The number of aliphatic hydroxyl groups excluding tert-OH is 1. The molecule has 1 N–H and O–H groups in total. The minimum absolute atomic E-state index is 0.155. The van der Waals surface area contributed by atoms with Crippen molar-refractivity contribution >= 4 is 22.5 Å². The summed E-state index contributed by atoms with van der Waals surface area (Å²) in [5.74, 6) is -0.185. The van der Waals surface area contributed by atoms with Gasteiger partial charge in [-0.15, -0.1) is 0 Å². The molecule has 0 radical (unpaired) electrons. The molecule has 2 heterocycles. The number of aliphatic hydroxyl groups is 1. The molecule has 0 bridgehead atoms. The van der Waals surface area contributed by atoms with Crippen molar-refractivity contribution in [3.05, 3.63) is 59.8 Å². The van der Waals surface area contributed by atoms with Crippen molar-refractivity contribution < 1.29 is 9.90 Å². The standard InChI is InChI=1S/C27H34N4O2/c1-2-25-24-13-12-22(17-26(24)31(28-25)21-10-6-7-11-21)30-15-14-29(27(33)19-32)18-23(30)16-20-8-4-3-5-9-20/h3-5,8-9,12-13,17,21,23,32H,2,6-7,10-11,14-16,18-19H2,1H3. The van der Waals surface area contributed by atoms with E-state index in [9.17, 15) is 9.90 Å².